The lowest BCUT2D eigenvalue weighted by Gasteiger charge is -2.27. The highest BCUT2D eigenvalue weighted by atomic mass is 16.5. The van der Waals surface area contributed by atoms with Crippen molar-refractivity contribution in [2.45, 2.75) is 72.8 Å². The first-order chi connectivity index (χ1) is 13.0. The van der Waals surface area contributed by atoms with Gasteiger partial charge in [0.1, 0.15) is 11.4 Å². The highest BCUT2D eigenvalue weighted by molar-refractivity contribution is 5.93. The van der Waals surface area contributed by atoms with Gasteiger partial charge in [-0.15, -0.1) is 0 Å². The second-order valence-electron chi connectivity index (χ2n) is 9.84. The van der Waals surface area contributed by atoms with Crippen LogP contribution in [0, 0.1) is 19.3 Å². The third-order valence-corrected chi connectivity index (χ3v) is 5.59. The summed E-state index contributed by atoms with van der Waals surface area (Å²) < 4.78 is 6.37. The van der Waals surface area contributed by atoms with E-state index in [2.05, 4.69) is 77.2 Å². The molecular weight excluding hydrogens is 346 g/mol. The second kappa shape index (κ2) is 7.27. The molecule has 0 saturated carbocycles. The van der Waals surface area contributed by atoms with Crippen molar-refractivity contribution in [2.75, 3.05) is 5.32 Å². The molecule has 0 aromatic heterocycles. The van der Waals surface area contributed by atoms with E-state index in [4.69, 9.17) is 4.74 Å². The average Bonchev–Trinajstić information content (AvgIpc) is 2.81. The number of anilines is 1. The van der Waals surface area contributed by atoms with Crippen LogP contribution in [0.1, 0.15) is 69.2 Å². The van der Waals surface area contributed by atoms with Gasteiger partial charge in [-0.25, -0.2) is 0 Å². The minimum atomic E-state index is -0.288. The Labute approximate surface area is 169 Å². The van der Waals surface area contributed by atoms with Crippen LogP contribution in [0.25, 0.3) is 0 Å². The molecule has 2 aromatic rings. The van der Waals surface area contributed by atoms with E-state index in [0.29, 0.717) is 6.42 Å². The SMILES string of the molecule is Cc1cc2c(c(C)c1NC(=O)CC(C)(C)C)C(Cc1ccccc1)C(C)(C)O2. The second-order valence-corrected chi connectivity index (χ2v) is 9.84. The van der Waals surface area contributed by atoms with Gasteiger partial charge in [0.15, 0.2) is 0 Å². The third-order valence-electron chi connectivity index (χ3n) is 5.59. The Bertz CT molecular complexity index is 876. The topological polar surface area (TPSA) is 38.3 Å². The lowest BCUT2D eigenvalue weighted by Crippen LogP contribution is -2.31. The molecule has 1 aliphatic heterocycles. The van der Waals surface area contributed by atoms with E-state index in [-0.39, 0.29) is 22.8 Å². The zero-order chi connectivity index (χ0) is 20.7. The van der Waals surface area contributed by atoms with Gasteiger partial charge in [0.25, 0.3) is 0 Å². The molecule has 0 radical (unpaired) electrons. The molecule has 0 bridgehead atoms. The highest BCUT2D eigenvalue weighted by Crippen LogP contribution is 2.50. The molecule has 3 rings (SSSR count). The molecule has 3 heteroatoms. The molecule has 1 unspecified atom stereocenters. The van der Waals surface area contributed by atoms with Crippen LogP contribution in [0.15, 0.2) is 36.4 Å². The van der Waals surface area contributed by atoms with Crippen molar-refractivity contribution < 1.29 is 9.53 Å². The van der Waals surface area contributed by atoms with Gasteiger partial charge >= 0.3 is 0 Å². The molecule has 1 heterocycles. The summed E-state index contributed by atoms with van der Waals surface area (Å²) in [5.74, 6) is 1.26. The largest absolute Gasteiger partial charge is 0.487 e. The lowest BCUT2D eigenvalue weighted by molar-refractivity contribution is -0.117. The Kier molecular flexibility index (Phi) is 5.31. The Hall–Kier alpha value is -2.29. The van der Waals surface area contributed by atoms with Crippen LogP contribution in [0.5, 0.6) is 5.75 Å². The van der Waals surface area contributed by atoms with Crippen molar-refractivity contribution in [2.24, 2.45) is 5.41 Å². The number of hydrogen-bond acceptors (Lipinski definition) is 2. The van der Waals surface area contributed by atoms with Gasteiger partial charge < -0.3 is 10.1 Å². The number of rotatable bonds is 4. The Morgan fingerprint density at radius 1 is 1.14 bits per heavy atom. The number of carbonyl (C=O) groups excluding carboxylic acids is 1. The summed E-state index contributed by atoms with van der Waals surface area (Å²) >= 11 is 0. The van der Waals surface area contributed by atoms with Crippen molar-refractivity contribution in [3.05, 3.63) is 58.7 Å². The third kappa shape index (κ3) is 4.24. The molecule has 0 spiro atoms. The van der Waals surface area contributed by atoms with E-state index in [1.807, 2.05) is 13.0 Å². The van der Waals surface area contributed by atoms with Crippen LogP contribution in [0.3, 0.4) is 0 Å². The Morgan fingerprint density at radius 3 is 2.39 bits per heavy atom. The van der Waals surface area contributed by atoms with E-state index in [1.165, 1.54) is 11.1 Å². The van der Waals surface area contributed by atoms with Crippen LogP contribution in [0.4, 0.5) is 5.69 Å². The van der Waals surface area contributed by atoms with Gasteiger partial charge in [-0.1, -0.05) is 51.1 Å². The van der Waals surface area contributed by atoms with Gasteiger partial charge in [-0.2, -0.15) is 0 Å². The number of ether oxygens (including phenoxy) is 1. The summed E-state index contributed by atoms with van der Waals surface area (Å²) in [5, 5.41) is 3.18. The number of carbonyl (C=O) groups is 1. The van der Waals surface area contributed by atoms with E-state index < -0.39 is 0 Å². The predicted molar refractivity (Wildman–Crippen MR) is 116 cm³/mol. The molecule has 1 atom stereocenters. The molecule has 150 valence electrons. The van der Waals surface area contributed by atoms with Crippen molar-refractivity contribution in [3.63, 3.8) is 0 Å². The maximum absolute atomic E-state index is 12.6. The molecule has 2 aromatic carbocycles. The number of fused-ring (bicyclic) bond motifs is 1. The minimum absolute atomic E-state index is 0.0381. The van der Waals surface area contributed by atoms with Gasteiger partial charge in [0.05, 0.1) is 0 Å². The first-order valence-electron chi connectivity index (χ1n) is 10.1. The summed E-state index contributed by atoms with van der Waals surface area (Å²) in [6, 6.07) is 12.6. The number of aryl methyl sites for hydroxylation is 1. The molecule has 1 amide bonds. The standard InChI is InChI=1S/C25H33NO2/c1-16-13-20-22(17(2)23(16)26-21(27)15-24(3,4)5)19(25(6,7)28-20)14-18-11-9-8-10-12-18/h8-13,19H,14-15H2,1-7H3,(H,26,27). The fourth-order valence-electron chi connectivity index (χ4n) is 4.24. The van der Waals surface area contributed by atoms with Gasteiger partial charge in [0, 0.05) is 23.6 Å². The van der Waals surface area contributed by atoms with Gasteiger partial charge in [-0.05, 0) is 62.3 Å². The summed E-state index contributed by atoms with van der Waals surface area (Å²) in [6.45, 7) is 14.7. The van der Waals surface area contributed by atoms with Crippen molar-refractivity contribution in [1.82, 2.24) is 0 Å². The number of nitrogens with one attached hydrogen (secondary N) is 1. The summed E-state index contributed by atoms with van der Waals surface area (Å²) in [5.41, 5.74) is 5.32. The normalized spacial score (nSPS) is 17.8. The molecule has 0 saturated heterocycles. The van der Waals surface area contributed by atoms with E-state index in [9.17, 15) is 4.79 Å². The van der Waals surface area contributed by atoms with Crippen molar-refractivity contribution in [1.29, 1.82) is 0 Å². The molecule has 0 fully saturated rings. The summed E-state index contributed by atoms with van der Waals surface area (Å²) in [6.07, 6.45) is 1.42. The van der Waals surface area contributed by atoms with Crippen LogP contribution < -0.4 is 10.1 Å². The fourth-order valence-corrected chi connectivity index (χ4v) is 4.24. The minimum Gasteiger partial charge on any atom is -0.487 e. The molecule has 28 heavy (non-hydrogen) atoms. The number of benzene rings is 2. The zero-order valence-corrected chi connectivity index (χ0v) is 18.3. The molecule has 1 N–H and O–H groups in total. The fraction of sp³-hybridized carbons (Fsp3) is 0.480. The van der Waals surface area contributed by atoms with Crippen LogP contribution in [-0.4, -0.2) is 11.5 Å². The molecule has 3 nitrogen and oxygen atoms in total. The Balaban J connectivity index is 1.98. The maximum Gasteiger partial charge on any atom is 0.224 e. The van der Waals surface area contributed by atoms with E-state index in [1.54, 1.807) is 0 Å². The molecule has 0 aliphatic carbocycles. The van der Waals surface area contributed by atoms with Crippen molar-refractivity contribution in [3.8, 4) is 5.75 Å². The van der Waals surface area contributed by atoms with Crippen molar-refractivity contribution >= 4 is 11.6 Å². The van der Waals surface area contributed by atoms with E-state index >= 15 is 0 Å². The van der Waals surface area contributed by atoms with Crippen LogP contribution >= 0.6 is 0 Å². The smallest absolute Gasteiger partial charge is 0.224 e. The Morgan fingerprint density at radius 2 is 1.79 bits per heavy atom. The molecular formula is C25H33NO2. The van der Waals surface area contributed by atoms with Crippen LogP contribution in [0.2, 0.25) is 0 Å². The monoisotopic (exact) mass is 379 g/mol. The summed E-state index contributed by atoms with van der Waals surface area (Å²) in [4.78, 5) is 12.6. The van der Waals surface area contributed by atoms with E-state index in [0.717, 1.165) is 29.0 Å². The quantitative estimate of drug-likeness (QED) is 0.689. The number of amides is 1. The average molecular weight is 380 g/mol. The number of hydrogen-bond donors (Lipinski definition) is 1. The van der Waals surface area contributed by atoms with Crippen LogP contribution in [-0.2, 0) is 11.2 Å². The summed E-state index contributed by atoms with van der Waals surface area (Å²) in [7, 11) is 0. The lowest BCUT2D eigenvalue weighted by atomic mass is 9.80. The predicted octanol–water partition coefficient (Wildman–Crippen LogP) is 6.18. The maximum atomic E-state index is 12.6. The first kappa shape index (κ1) is 20.4. The van der Waals surface area contributed by atoms with Gasteiger partial charge in [-0.3, -0.25) is 4.79 Å². The zero-order valence-electron chi connectivity index (χ0n) is 18.3. The highest BCUT2D eigenvalue weighted by Gasteiger charge is 2.42. The molecule has 1 aliphatic rings. The first-order valence-corrected chi connectivity index (χ1v) is 10.1. The van der Waals surface area contributed by atoms with Gasteiger partial charge in [0.2, 0.25) is 5.91 Å².